The molecule has 4 amide bonds. The fourth-order valence-electron chi connectivity index (χ4n) is 4.44. The molecule has 1 fully saturated rings. The van der Waals surface area contributed by atoms with Crippen LogP contribution in [0.4, 0.5) is 10.5 Å². The SMILES string of the molecule is CN(C)C(=O)C[C@H]1CC[C@@H]2[C@H](COc3ccc(NC(=O)NCc4ccccc4)cc3C(=O)N2C)O1. The number of nitrogens with one attached hydrogen (secondary N) is 2. The minimum atomic E-state index is -0.361. The molecular weight excluding hydrogens is 448 g/mol. The summed E-state index contributed by atoms with van der Waals surface area (Å²) in [5.41, 5.74) is 1.87. The number of hydrogen-bond acceptors (Lipinski definition) is 5. The Balaban J connectivity index is 1.42. The van der Waals surface area contributed by atoms with E-state index < -0.39 is 0 Å². The number of likely N-dealkylation sites (N-methyl/N-ethyl adjacent to an activating group) is 1. The van der Waals surface area contributed by atoms with Gasteiger partial charge < -0.3 is 29.9 Å². The number of ether oxygens (including phenoxy) is 2. The smallest absolute Gasteiger partial charge is 0.319 e. The molecule has 0 aliphatic carbocycles. The second-order valence-corrected chi connectivity index (χ2v) is 9.16. The van der Waals surface area contributed by atoms with E-state index >= 15 is 0 Å². The van der Waals surface area contributed by atoms with Crippen LogP contribution in [-0.2, 0) is 16.1 Å². The van der Waals surface area contributed by atoms with Crippen LogP contribution in [0.25, 0.3) is 0 Å². The van der Waals surface area contributed by atoms with Gasteiger partial charge in [0.15, 0.2) is 0 Å². The molecule has 2 aromatic rings. The first-order chi connectivity index (χ1) is 16.8. The summed E-state index contributed by atoms with van der Waals surface area (Å²) in [4.78, 5) is 41.1. The van der Waals surface area contributed by atoms with Crippen LogP contribution < -0.4 is 15.4 Å². The molecule has 0 unspecified atom stereocenters. The number of carbonyl (C=O) groups is 3. The molecule has 1 saturated heterocycles. The third-order valence-electron chi connectivity index (χ3n) is 6.47. The predicted octanol–water partition coefficient (Wildman–Crippen LogP) is 2.87. The quantitative estimate of drug-likeness (QED) is 0.686. The van der Waals surface area contributed by atoms with Crippen LogP contribution in [0.3, 0.4) is 0 Å². The lowest BCUT2D eigenvalue weighted by Crippen LogP contribution is -2.53. The van der Waals surface area contributed by atoms with Crippen LogP contribution in [0.5, 0.6) is 5.75 Å². The van der Waals surface area contributed by atoms with E-state index in [1.165, 1.54) is 0 Å². The number of urea groups is 1. The average Bonchev–Trinajstić information content (AvgIpc) is 2.86. The molecule has 0 saturated carbocycles. The number of fused-ring (bicyclic) bond motifs is 2. The Morgan fingerprint density at radius 2 is 1.89 bits per heavy atom. The maximum absolute atomic E-state index is 13.3. The highest BCUT2D eigenvalue weighted by molar-refractivity contribution is 5.99. The number of amides is 4. The average molecular weight is 481 g/mol. The summed E-state index contributed by atoms with van der Waals surface area (Å²) >= 11 is 0. The molecule has 2 aromatic carbocycles. The molecule has 2 heterocycles. The molecule has 2 aliphatic rings. The molecule has 9 heteroatoms. The molecule has 0 aromatic heterocycles. The number of nitrogens with zero attached hydrogens (tertiary/aromatic N) is 2. The van der Waals surface area contributed by atoms with E-state index in [4.69, 9.17) is 9.47 Å². The molecule has 0 bridgehead atoms. The first kappa shape index (κ1) is 24.5. The highest BCUT2D eigenvalue weighted by atomic mass is 16.5. The summed E-state index contributed by atoms with van der Waals surface area (Å²) in [6.45, 7) is 0.666. The third-order valence-corrected chi connectivity index (χ3v) is 6.47. The number of carbonyl (C=O) groups excluding carboxylic acids is 3. The predicted molar refractivity (Wildman–Crippen MR) is 131 cm³/mol. The van der Waals surface area contributed by atoms with Gasteiger partial charge in [-0.25, -0.2) is 4.79 Å². The second kappa shape index (κ2) is 10.8. The zero-order chi connectivity index (χ0) is 24.9. The minimum absolute atomic E-state index is 0.0165. The summed E-state index contributed by atoms with van der Waals surface area (Å²) in [6, 6.07) is 14.1. The minimum Gasteiger partial charge on any atom is -0.490 e. The van der Waals surface area contributed by atoms with Crippen LogP contribution in [-0.4, -0.2) is 73.6 Å². The van der Waals surface area contributed by atoms with Gasteiger partial charge in [-0.3, -0.25) is 9.59 Å². The molecule has 186 valence electrons. The molecule has 35 heavy (non-hydrogen) atoms. The molecule has 2 N–H and O–H groups in total. The van der Waals surface area contributed by atoms with Crippen molar-refractivity contribution in [2.75, 3.05) is 33.1 Å². The number of hydrogen-bond donors (Lipinski definition) is 2. The maximum atomic E-state index is 13.3. The van der Waals surface area contributed by atoms with Gasteiger partial charge in [-0.15, -0.1) is 0 Å². The van der Waals surface area contributed by atoms with Crippen molar-refractivity contribution in [2.24, 2.45) is 0 Å². The van der Waals surface area contributed by atoms with Gasteiger partial charge in [-0.05, 0) is 36.6 Å². The van der Waals surface area contributed by atoms with Crippen molar-refractivity contribution < 1.29 is 23.9 Å². The zero-order valence-corrected chi connectivity index (χ0v) is 20.3. The second-order valence-electron chi connectivity index (χ2n) is 9.16. The van der Waals surface area contributed by atoms with Crippen molar-refractivity contribution >= 4 is 23.5 Å². The Morgan fingerprint density at radius 3 is 2.63 bits per heavy atom. The molecular formula is C26H32N4O5. The van der Waals surface area contributed by atoms with Gasteiger partial charge in [-0.2, -0.15) is 0 Å². The highest BCUT2D eigenvalue weighted by Gasteiger charge is 2.39. The normalized spacial score (nSPS) is 21.5. The topological polar surface area (TPSA) is 100 Å². The van der Waals surface area contributed by atoms with E-state index in [-0.39, 0.29) is 42.7 Å². The van der Waals surface area contributed by atoms with Crippen LogP contribution >= 0.6 is 0 Å². The lowest BCUT2D eigenvalue weighted by molar-refractivity contribution is -0.140. The van der Waals surface area contributed by atoms with Crippen LogP contribution in [0, 0.1) is 0 Å². The fourth-order valence-corrected chi connectivity index (χ4v) is 4.44. The van der Waals surface area contributed by atoms with Crippen molar-refractivity contribution in [3.8, 4) is 5.75 Å². The summed E-state index contributed by atoms with van der Waals surface area (Å²) in [7, 11) is 5.22. The van der Waals surface area contributed by atoms with E-state index in [1.807, 2.05) is 30.3 Å². The Kier molecular flexibility index (Phi) is 7.55. The van der Waals surface area contributed by atoms with E-state index in [1.54, 1.807) is 49.1 Å². The molecule has 0 spiro atoms. The molecule has 2 aliphatic heterocycles. The summed E-state index contributed by atoms with van der Waals surface area (Å²) in [6.07, 6.45) is 1.20. The first-order valence-corrected chi connectivity index (χ1v) is 11.8. The highest BCUT2D eigenvalue weighted by Crippen LogP contribution is 2.32. The maximum Gasteiger partial charge on any atom is 0.319 e. The molecule has 0 radical (unpaired) electrons. The van der Waals surface area contributed by atoms with Crippen molar-refractivity contribution in [1.82, 2.24) is 15.1 Å². The van der Waals surface area contributed by atoms with Gasteiger partial charge in [0.25, 0.3) is 5.91 Å². The Bertz CT molecular complexity index is 1070. The summed E-state index contributed by atoms with van der Waals surface area (Å²) in [5.74, 6) is 0.253. The monoisotopic (exact) mass is 480 g/mol. The molecule has 4 rings (SSSR count). The van der Waals surface area contributed by atoms with Crippen molar-refractivity contribution in [3.63, 3.8) is 0 Å². The Labute approximate surface area is 205 Å². The number of benzene rings is 2. The Hall–Kier alpha value is -3.59. The number of anilines is 1. The van der Waals surface area contributed by atoms with Crippen molar-refractivity contribution in [1.29, 1.82) is 0 Å². The van der Waals surface area contributed by atoms with Gasteiger partial charge in [0, 0.05) is 33.4 Å². The first-order valence-electron chi connectivity index (χ1n) is 11.8. The zero-order valence-electron chi connectivity index (χ0n) is 20.3. The van der Waals surface area contributed by atoms with E-state index in [0.717, 1.165) is 12.0 Å². The largest absolute Gasteiger partial charge is 0.490 e. The lowest BCUT2D eigenvalue weighted by Gasteiger charge is -2.42. The summed E-state index contributed by atoms with van der Waals surface area (Å²) in [5, 5.41) is 5.60. The van der Waals surface area contributed by atoms with E-state index in [9.17, 15) is 14.4 Å². The van der Waals surface area contributed by atoms with Crippen LogP contribution in [0.15, 0.2) is 48.5 Å². The van der Waals surface area contributed by atoms with E-state index in [2.05, 4.69) is 10.6 Å². The van der Waals surface area contributed by atoms with E-state index in [0.29, 0.717) is 36.4 Å². The Morgan fingerprint density at radius 1 is 1.11 bits per heavy atom. The van der Waals surface area contributed by atoms with Crippen LogP contribution in [0.1, 0.15) is 35.2 Å². The van der Waals surface area contributed by atoms with Gasteiger partial charge >= 0.3 is 6.03 Å². The number of rotatable bonds is 5. The van der Waals surface area contributed by atoms with Crippen molar-refractivity contribution in [3.05, 3.63) is 59.7 Å². The van der Waals surface area contributed by atoms with Crippen molar-refractivity contribution in [2.45, 2.75) is 44.1 Å². The lowest BCUT2D eigenvalue weighted by atomic mass is 9.94. The molecule has 9 nitrogen and oxygen atoms in total. The van der Waals surface area contributed by atoms with Gasteiger partial charge in [0.2, 0.25) is 5.91 Å². The summed E-state index contributed by atoms with van der Waals surface area (Å²) < 4.78 is 12.2. The molecule has 3 atom stereocenters. The third kappa shape index (κ3) is 5.92. The van der Waals surface area contributed by atoms with Gasteiger partial charge in [0.1, 0.15) is 18.5 Å². The fraction of sp³-hybridized carbons (Fsp3) is 0.423. The van der Waals surface area contributed by atoms with Gasteiger partial charge in [-0.1, -0.05) is 30.3 Å². The van der Waals surface area contributed by atoms with Crippen LogP contribution in [0.2, 0.25) is 0 Å². The van der Waals surface area contributed by atoms with Gasteiger partial charge in [0.05, 0.1) is 24.1 Å². The standard InChI is InChI=1S/C26H32N4O5/c1-29(2)24(31)14-19-10-11-21-23(35-19)16-34-22-12-9-18(13-20(22)25(32)30(21)3)28-26(33)27-15-17-7-5-4-6-8-17/h4-9,12-13,19,21,23H,10-11,14-16H2,1-3H3,(H2,27,28,33)/t19-,21-,23+/m1/s1.